The lowest BCUT2D eigenvalue weighted by Crippen LogP contribution is -3.13. The molecule has 8 nitrogen and oxygen atoms in total. The molecular weight excluding hydrogens is 382 g/mol. The van der Waals surface area contributed by atoms with Gasteiger partial charge >= 0.3 is 0 Å². The number of nitrogens with zero attached hydrogens (tertiary/aromatic N) is 1. The summed E-state index contributed by atoms with van der Waals surface area (Å²) in [5.74, 6) is 0.351. The zero-order valence-corrected chi connectivity index (χ0v) is 17.2. The zero-order valence-electron chi connectivity index (χ0n) is 16.4. The maximum atomic E-state index is 12.9. The number of quaternary nitrogens is 1. The van der Waals surface area contributed by atoms with Crippen LogP contribution in [0, 0.1) is 0 Å². The molecule has 1 aromatic carbocycles. The van der Waals surface area contributed by atoms with Crippen molar-refractivity contribution in [2.24, 2.45) is 0 Å². The van der Waals surface area contributed by atoms with E-state index in [2.05, 4.69) is 5.32 Å². The minimum absolute atomic E-state index is 0.126. The molecule has 9 heteroatoms. The van der Waals surface area contributed by atoms with Crippen LogP contribution in [-0.2, 0) is 19.6 Å². The Labute approximate surface area is 166 Å². The topological polar surface area (TPSA) is 89.4 Å². The van der Waals surface area contributed by atoms with Crippen LogP contribution in [0.2, 0.25) is 0 Å². The summed E-state index contributed by atoms with van der Waals surface area (Å²) in [5.41, 5.74) is 0.401. The summed E-state index contributed by atoms with van der Waals surface area (Å²) in [6, 6.07) is 4.64. The van der Waals surface area contributed by atoms with E-state index in [0.717, 1.165) is 25.9 Å². The third-order valence-corrected chi connectivity index (χ3v) is 7.00. The molecule has 1 aromatic rings. The van der Waals surface area contributed by atoms with Gasteiger partial charge in [0.15, 0.2) is 6.54 Å². The summed E-state index contributed by atoms with van der Waals surface area (Å²) >= 11 is 0. The van der Waals surface area contributed by atoms with Crippen LogP contribution in [0.25, 0.3) is 0 Å². The Morgan fingerprint density at radius 2 is 1.93 bits per heavy atom. The smallest absolute Gasteiger partial charge is 0.279 e. The zero-order chi connectivity index (χ0) is 20.0. The lowest BCUT2D eigenvalue weighted by molar-refractivity contribution is -0.896. The average Bonchev–Trinajstić information content (AvgIpc) is 2.70. The minimum Gasteiger partial charge on any atom is -0.492 e. The van der Waals surface area contributed by atoms with Gasteiger partial charge in [-0.05, 0) is 44.4 Å². The van der Waals surface area contributed by atoms with E-state index in [4.69, 9.17) is 9.47 Å². The molecule has 2 N–H and O–H groups in total. The molecule has 0 aromatic heterocycles. The number of carbonyl (C=O) groups excluding carboxylic acids is 1. The van der Waals surface area contributed by atoms with Gasteiger partial charge in [-0.1, -0.05) is 0 Å². The number of morpholine rings is 1. The van der Waals surface area contributed by atoms with Crippen molar-refractivity contribution in [3.8, 4) is 5.75 Å². The van der Waals surface area contributed by atoms with Crippen molar-refractivity contribution >= 4 is 21.6 Å². The Kier molecular flexibility index (Phi) is 7.28. The molecule has 0 spiro atoms. The first-order valence-corrected chi connectivity index (χ1v) is 11.4. The Hall–Kier alpha value is -1.68. The van der Waals surface area contributed by atoms with Gasteiger partial charge in [-0.3, -0.25) is 4.79 Å². The van der Waals surface area contributed by atoms with E-state index in [-0.39, 0.29) is 10.8 Å². The molecule has 0 radical (unpaired) electrons. The molecule has 3 rings (SSSR count). The Bertz CT molecular complexity index is 772. The maximum absolute atomic E-state index is 12.9. The highest BCUT2D eigenvalue weighted by Gasteiger charge is 2.27. The Morgan fingerprint density at radius 1 is 1.21 bits per heavy atom. The predicted octanol–water partition coefficient (Wildman–Crippen LogP) is 0.114. The van der Waals surface area contributed by atoms with Crippen molar-refractivity contribution in [3.05, 3.63) is 18.2 Å². The summed E-state index contributed by atoms with van der Waals surface area (Å²) in [5, 5.41) is 2.87. The molecule has 2 saturated heterocycles. The van der Waals surface area contributed by atoms with Gasteiger partial charge in [-0.2, -0.15) is 4.31 Å². The van der Waals surface area contributed by atoms with Crippen LogP contribution < -0.4 is 15.0 Å². The molecular formula is C19H30N3O5S+. The number of rotatable bonds is 7. The number of benzene rings is 1. The SMILES string of the molecule is CCOc1ccc(S(=O)(=O)N2CCOCC2)cc1NC(=O)C[NH+]1CCCCC1. The number of anilines is 1. The fourth-order valence-electron chi connectivity index (χ4n) is 3.63. The molecule has 2 heterocycles. The third kappa shape index (κ3) is 5.22. The van der Waals surface area contributed by atoms with E-state index in [9.17, 15) is 13.2 Å². The molecule has 0 saturated carbocycles. The van der Waals surface area contributed by atoms with E-state index in [1.54, 1.807) is 6.07 Å². The van der Waals surface area contributed by atoms with Crippen molar-refractivity contribution in [2.75, 3.05) is 57.9 Å². The van der Waals surface area contributed by atoms with Crippen LogP contribution in [0.1, 0.15) is 26.2 Å². The molecule has 1 amide bonds. The summed E-state index contributed by atoms with van der Waals surface area (Å²) in [7, 11) is -3.64. The highest BCUT2D eigenvalue weighted by molar-refractivity contribution is 7.89. The van der Waals surface area contributed by atoms with Crippen molar-refractivity contribution in [3.63, 3.8) is 0 Å². The number of likely N-dealkylation sites (tertiary alicyclic amines) is 1. The number of ether oxygens (including phenoxy) is 2. The van der Waals surface area contributed by atoms with Crippen LogP contribution in [0.5, 0.6) is 5.75 Å². The highest BCUT2D eigenvalue weighted by atomic mass is 32.2. The number of nitrogens with one attached hydrogen (secondary N) is 2. The fourth-order valence-corrected chi connectivity index (χ4v) is 5.07. The average molecular weight is 413 g/mol. The van der Waals surface area contributed by atoms with Gasteiger partial charge < -0.3 is 19.7 Å². The van der Waals surface area contributed by atoms with E-state index in [1.165, 1.54) is 27.8 Å². The van der Waals surface area contributed by atoms with E-state index < -0.39 is 10.0 Å². The standard InChI is InChI=1S/C19H29N3O5S/c1-2-27-18-7-6-16(28(24,25)22-10-12-26-13-11-22)14-17(18)20-19(23)15-21-8-4-3-5-9-21/h6-7,14H,2-5,8-13,15H2,1H3,(H,20,23)/p+1. The predicted molar refractivity (Wildman–Crippen MR) is 105 cm³/mol. The van der Waals surface area contributed by atoms with Gasteiger partial charge in [-0.25, -0.2) is 8.42 Å². The van der Waals surface area contributed by atoms with Gasteiger partial charge in [-0.15, -0.1) is 0 Å². The molecule has 2 fully saturated rings. The first-order valence-electron chi connectivity index (χ1n) is 9.99. The number of carbonyl (C=O) groups is 1. The molecule has 28 heavy (non-hydrogen) atoms. The second kappa shape index (κ2) is 9.69. The fraction of sp³-hybridized carbons (Fsp3) is 0.632. The summed E-state index contributed by atoms with van der Waals surface area (Å²) in [4.78, 5) is 14.0. The quantitative estimate of drug-likeness (QED) is 0.664. The monoisotopic (exact) mass is 412 g/mol. The van der Waals surface area contributed by atoms with Crippen LogP contribution in [0.4, 0.5) is 5.69 Å². The minimum atomic E-state index is -3.64. The van der Waals surface area contributed by atoms with Crippen molar-refractivity contribution in [1.82, 2.24) is 4.31 Å². The van der Waals surface area contributed by atoms with E-state index in [0.29, 0.717) is 50.9 Å². The molecule has 2 aliphatic rings. The highest BCUT2D eigenvalue weighted by Crippen LogP contribution is 2.29. The van der Waals surface area contributed by atoms with Crippen molar-refractivity contribution < 1.29 is 27.6 Å². The van der Waals surface area contributed by atoms with Gasteiger partial charge in [0.05, 0.1) is 43.5 Å². The molecule has 156 valence electrons. The van der Waals surface area contributed by atoms with Crippen LogP contribution >= 0.6 is 0 Å². The Balaban J connectivity index is 1.77. The van der Waals surface area contributed by atoms with Crippen LogP contribution in [0.3, 0.4) is 0 Å². The Morgan fingerprint density at radius 3 is 2.61 bits per heavy atom. The summed E-state index contributed by atoms with van der Waals surface area (Å²) in [6.07, 6.45) is 3.50. The second-order valence-corrected chi connectivity index (χ2v) is 9.08. The lowest BCUT2D eigenvalue weighted by Gasteiger charge is -2.26. The molecule has 2 aliphatic heterocycles. The molecule has 0 bridgehead atoms. The van der Waals surface area contributed by atoms with Gasteiger partial charge in [0, 0.05) is 13.1 Å². The normalized spacial score (nSPS) is 19.3. The van der Waals surface area contributed by atoms with Gasteiger partial charge in [0.25, 0.3) is 5.91 Å². The van der Waals surface area contributed by atoms with Gasteiger partial charge in [0.2, 0.25) is 10.0 Å². The number of amides is 1. The van der Waals surface area contributed by atoms with E-state index >= 15 is 0 Å². The number of sulfonamides is 1. The van der Waals surface area contributed by atoms with Crippen molar-refractivity contribution in [2.45, 2.75) is 31.1 Å². The largest absolute Gasteiger partial charge is 0.492 e. The maximum Gasteiger partial charge on any atom is 0.279 e. The third-order valence-electron chi connectivity index (χ3n) is 5.10. The number of hydrogen-bond acceptors (Lipinski definition) is 5. The molecule has 0 aliphatic carbocycles. The first kappa shape index (κ1) is 21.0. The number of piperidine rings is 1. The van der Waals surface area contributed by atoms with Crippen LogP contribution in [-0.4, -0.2) is 71.2 Å². The molecule has 0 atom stereocenters. The molecule has 0 unspecified atom stereocenters. The first-order chi connectivity index (χ1) is 13.5. The summed E-state index contributed by atoms with van der Waals surface area (Å²) in [6.45, 7) is 6.08. The second-order valence-electron chi connectivity index (χ2n) is 7.14. The van der Waals surface area contributed by atoms with Gasteiger partial charge in [0.1, 0.15) is 5.75 Å². The summed E-state index contributed by atoms with van der Waals surface area (Å²) < 4.78 is 38.1. The van der Waals surface area contributed by atoms with Crippen LogP contribution in [0.15, 0.2) is 23.1 Å². The lowest BCUT2D eigenvalue weighted by atomic mass is 10.1. The van der Waals surface area contributed by atoms with Crippen molar-refractivity contribution in [1.29, 1.82) is 0 Å². The van der Waals surface area contributed by atoms with E-state index in [1.807, 2.05) is 6.92 Å². The number of hydrogen-bond donors (Lipinski definition) is 2.